The van der Waals surface area contributed by atoms with Gasteiger partial charge in [0.25, 0.3) is 0 Å². The van der Waals surface area contributed by atoms with Gasteiger partial charge >= 0.3 is 5.97 Å². The molecule has 0 unspecified atom stereocenters. The number of aliphatic carboxylic acids is 1. The molecule has 0 heterocycles. The number of carbonyl (C=O) groups excluding carboxylic acids is 1. The van der Waals surface area contributed by atoms with Crippen molar-refractivity contribution in [2.24, 2.45) is 0 Å². The zero-order valence-corrected chi connectivity index (χ0v) is 12.4. The molecule has 0 aromatic heterocycles. The average Bonchev–Trinajstić information content (AvgIpc) is 2.38. The lowest BCUT2D eigenvalue weighted by molar-refractivity contribution is -0.138. The molecule has 0 aliphatic heterocycles. The highest BCUT2D eigenvalue weighted by Gasteiger charge is 2.08. The van der Waals surface area contributed by atoms with Gasteiger partial charge in [-0.25, -0.2) is 0 Å². The van der Waals surface area contributed by atoms with Gasteiger partial charge in [-0.1, -0.05) is 18.2 Å². The third kappa shape index (κ3) is 7.81. The molecule has 1 rings (SSSR count). The maximum Gasteiger partial charge on any atom is 0.317 e. The van der Waals surface area contributed by atoms with Crippen molar-refractivity contribution in [2.75, 3.05) is 32.4 Å². The summed E-state index contributed by atoms with van der Waals surface area (Å²) in [4.78, 5) is 24.7. The van der Waals surface area contributed by atoms with Gasteiger partial charge in [0.1, 0.15) is 0 Å². The van der Waals surface area contributed by atoms with Crippen LogP contribution in [0.1, 0.15) is 6.42 Å². The van der Waals surface area contributed by atoms with Crippen LogP contribution in [0.5, 0.6) is 0 Å². The molecule has 0 aliphatic rings. The summed E-state index contributed by atoms with van der Waals surface area (Å²) in [6, 6.07) is 10.1. The fourth-order valence-electron chi connectivity index (χ4n) is 1.59. The fraction of sp³-hybridized carbons (Fsp3) is 0.429. The molecule has 6 heteroatoms. The number of nitrogens with zero attached hydrogens (tertiary/aromatic N) is 1. The van der Waals surface area contributed by atoms with Crippen LogP contribution in [0.25, 0.3) is 0 Å². The number of carboxylic acid groups (broad SMARTS) is 1. The SMILES string of the molecule is CN(CC(=O)O)CC(=O)NCCCSc1ccccc1. The first-order valence-electron chi connectivity index (χ1n) is 6.43. The number of carboxylic acids is 1. The molecule has 0 fully saturated rings. The van der Waals surface area contributed by atoms with Crippen LogP contribution in [0.2, 0.25) is 0 Å². The highest BCUT2D eigenvalue weighted by Crippen LogP contribution is 2.17. The Morgan fingerprint density at radius 1 is 1.25 bits per heavy atom. The first-order valence-corrected chi connectivity index (χ1v) is 7.41. The summed E-state index contributed by atoms with van der Waals surface area (Å²) in [5, 5.41) is 11.4. The molecule has 1 aromatic carbocycles. The molecule has 1 aromatic rings. The van der Waals surface area contributed by atoms with Crippen LogP contribution < -0.4 is 5.32 Å². The predicted molar refractivity (Wildman–Crippen MR) is 79.9 cm³/mol. The Kier molecular flexibility index (Phi) is 7.75. The van der Waals surface area contributed by atoms with Crippen molar-refractivity contribution >= 4 is 23.6 Å². The number of hydrogen-bond acceptors (Lipinski definition) is 4. The largest absolute Gasteiger partial charge is 0.480 e. The average molecular weight is 296 g/mol. The number of nitrogens with one attached hydrogen (secondary N) is 1. The van der Waals surface area contributed by atoms with E-state index in [0.29, 0.717) is 6.54 Å². The molecule has 0 bridgehead atoms. The minimum Gasteiger partial charge on any atom is -0.480 e. The Balaban J connectivity index is 2.06. The first-order chi connectivity index (χ1) is 9.58. The van der Waals surface area contributed by atoms with Gasteiger partial charge in [0.05, 0.1) is 13.1 Å². The lowest BCUT2D eigenvalue weighted by atomic mass is 10.4. The summed E-state index contributed by atoms with van der Waals surface area (Å²) in [5.41, 5.74) is 0. The third-order valence-corrected chi connectivity index (χ3v) is 3.57. The zero-order valence-electron chi connectivity index (χ0n) is 11.5. The molecule has 20 heavy (non-hydrogen) atoms. The van der Waals surface area contributed by atoms with Gasteiger partial charge in [-0.3, -0.25) is 14.5 Å². The standard InChI is InChI=1S/C14H20N2O3S/c1-16(11-14(18)19)10-13(17)15-8-5-9-20-12-6-3-2-4-7-12/h2-4,6-7H,5,8-11H2,1H3,(H,15,17)(H,18,19). The summed E-state index contributed by atoms with van der Waals surface area (Å²) >= 11 is 1.75. The summed E-state index contributed by atoms with van der Waals surface area (Å²) in [7, 11) is 1.61. The summed E-state index contributed by atoms with van der Waals surface area (Å²) in [5.74, 6) is -0.132. The van der Waals surface area contributed by atoms with Gasteiger partial charge < -0.3 is 10.4 Å². The molecular formula is C14H20N2O3S. The summed E-state index contributed by atoms with van der Waals surface area (Å²) in [6.07, 6.45) is 0.883. The van der Waals surface area contributed by atoms with E-state index in [4.69, 9.17) is 5.11 Å². The number of rotatable bonds is 9. The second-order valence-electron chi connectivity index (χ2n) is 4.43. The molecule has 0 spiro atoms. The summed E-state index contributed by atoms with van der Waals surface area (Å²) in [6.45, 7) is 0.592. The molecule has 0 aliphatic carbocycles. The van der Waals surface area contributed by atoms with Gasteiger partial charge in [0, 0.05) is 11.4 Å². The van der Waals surface area contributed by atoms with Crippen molar-refractivity contribution in [3.05, 3.63) is 30.3 Å². The Labute approximate surface area is 123 Å². The normalized spacial score (nSPS) is 10.5. The van der Waals surface area contributed by atoms with Crippen LogP contribution in [-0.4, -0.2) is 54.3 Å². The number of benzene rings is 1. The van der Waals surface area contributed by atoms with Crippen LogP contribution in [0.15, 0.2) is 35.2 Å². The van der Waals surface area contributed by atoms with Crippen molar-refractivity contribution in [3.63, 3.8) is 0 Å². The number of hydrogen-bond donors (Lipinski definition) is 2. The van der Waals surface area contributed by atoms with Crippen LogP contribution in [0, 0.1) is 0 Å². The molecule has 0 radical (unpaired) electrons. The molecule has 0 saturated heterocycles. The van der Waals surface area contributed by atoms with Crippen LogP contribution in [0.3, 0.4) is 0 Å². The maximum atomic E-state index is 11.5. The second-order valence-corrected chi connectivity index (χ2v) is 5.60. The molecule has 0 atom stereocenters. The van der Waals surface area contributed by atoms with Gasteiger partial charge in [-0.05, 0) is 31.4 Å². The van der Waals surface area contributed by atoms with Crippen molar-refractivity contribution in [1.82, 2.24) is 10.2 Å². The van der Waals surface area contributed by atoms with Crippen LogP contribution in [-0.2, 0) is 9.59 Å². The van der Waals surface area contributed by atoms with Gasteiger partial charge in [-0.2, -0.15) is 0 Å². The van der Waals surface area contributed by atoms with E-state index in [-0.39, 0.29) is 19.0 Å². The highest BCUT2D eigenvalue weighted by molar-refractivity contribution is 7.99. The molecule has 1 amide bonds. The Morgan fingerprint density at radius 3 is 2.60 bits per heavy atom. The smallest absolute Gasteiger partial charge is 0.317 e. The fourth-order valence-corrected chi connectivity index (χ4v) is 2.47. The monoisotopic (exact) mass is 296 g/mol. The number of carbonyl (C=O) groups is 2. The predicted octanol–water partition coefficient (Wildman–Crippen LogP) is 1.30. The van der Waals surface area contributed by atoms with Crippen molar-refractivity contribution in [1.29, 1.82) is 0 Å². The Morgan fingerprint density at radius 2 is 1.95 bits per heavy atom. The molecular weight excluding hydrogens is 276 g/mol. The molecule has 0 saturated carbocycles. The number of amides is 1. The van der Waals surface area contributed by atoms with E-state index >= 15 is 0 Å². The van der Waals surface area contributed by atoms with Crippen molar-refractivity contribution in [3.8, 4) is 0 Å². The maximum absolute atomic E-state index is 11.5. The van der Waals surface area contributed by atoms with Crippen molar-refractivity contribution < 1.29 is 14.7 Å². The van der Waals surface area contributed by atoms with Crippen LogP contribution >= 0.6 is 11.8 Å². The van der Waals surface area contributed by atoms with E-state index in [1.165, 1.54) is 9.80 Å². The van der Waals surface area contributed by atoms with E-state index < -0.39 is 5.97 Å². The quantitative estimate of drug-likeness (QED) is 0.531. The van der Waals surface area contributed by atoms with Gasteiger partial charge in [-0.15, -0.1) is 11.8 Å². The van der Waals surface area contributed by atoms with E-state index in [1.807, 2.05) is 18.2 Å². The molecule has 2 N–H and O–H groups in total. The zero-order chi connectivity index (χ0) is 14.8. The minimum atomic E-state index is -0.931. The topological polar surface area (TPSA) is 69.6 Å². The number of thioether (sulfide) groups is 1. The van der Waals surface area contributed by atoms with E-state index in [0.717, 1.165) is 12.2 Å². The first kappa shape index (κ1) is 16.5. The lowest BCUT2D eigenvalue weighted by Crippen LogP contribution is -2.37. The number of likely N-dealkylation sites (N-methyl/N-ethyl adjacent to an activating group) is 1. The Hall–Kier alpha value is -1.53. The Bertz CT molecular complexity index is 426. The highest BCUT2D eigenvalue weighted by atomic mass is 32.2. The van der Waals surface area contributed by atoms with Crippen LogP contribution in [0.4, 0.5) is 0 Å². The molecule has 110 valence electrons. The van der Waals surface area contributed by atoms with E-state index in [2.05, 4.69) is 17.4 Å². The van der Waals surface area contributed by atoms with Crippen molar-refractivity contribution in [2.45, 2.75) is 11.3 Å². The third-order valence-electron chi connectivity index (χ3n) is 2.47. The van der Waals surface area contributed by atoms with E-state index in [1.54, 1.807) is 18.8 Å². The van der Waals surface area contributed by atoms with Gasteiger partial charge in [0.2, 0.25) is 5.91 Å². The minimum absolute atomic E-state index is 0.109. The van der Waals surface area contributed by atoms with E-state index in [9.17, 15) is 9.59 Å². The summed E-state index contributed by atoms with van der Waals surface area (Å²) < 4.78 is 0. The second kappa shape index (κ2) is 9.39. The molecule has 5 nitrogen and oxygen atoms in total. The van der Waals surface area contributed by atoms with Gasteiger partial charge in [0.15, 0.2) is 0 Å². The lowest BCUT2D eigenvalue weighted by Gasteiger charge is -2.13.